The van der Waals surface area contributed by atoms with Crippen LogP contribution in [0.1, 0.15) is 40.2 Å². The average Bonchev–Trinajstić information content (AvgIpc) is 2.91. The third-order valence-corrected chi connectivity index (χ3v) is 8.09. The van der Waals surface area contributed by atoms with E-state index in [-0.39, 0.29) is 17.1 Å². The van der Waals surface area contributed by atoms with Gasteiger partial charge in [0.2, 0.25) is 11.8 Å². The SMILES string of the molecule is CCOc1ccc(S(=O)(=O)N(CC(=O)N(Cc2ccc(Cl)cc2)C(C)C(=O)NC(C)(C)C)c2ccc(F)cc2)cc1. The number of nitrogens with one attached hydrogen (secondary N) is 1. The maximum atomic E-state index is 13.9. The topological polar surface area (TPSA) is 96.0 Å². The van der Waals surface area contributed by atoms with E-state index in [4.69, 9.17) is 16.3 Å². The van der Waals surface area contributed by atoms with Crippen molar-refractivity contribution in [3.8, 4) is 5.75 Å². The Morgan fingerprint density at radius 3 is 2.10 bits per heavy atom. The molecule has 0 bridgehead atoms. The zero-order valence-electron chi connectivity index (χ0n) is 23.7. The Morgan fingerprint density at radius 2 is 1.56 bits per heavy atom. The first-order chi connectivity index (χ1) is 19.2. The average molecular weight is 604 g/mol. The third-order valence-electron chi connectivity index (χ3n) is 6.05. The lowest BCUT2D eigenvalue weighted by Gasteiger charge is -2.33. The number of ether oxygens (including phenoxy) is 1. The van der Waals surface area contributed by atoms with Crippen LogP contribution in [0.5, 0.6) is 5.75 Å². The van der Waals surface area contributed by atoms with E-state index in [1.807, 2.05) is 27.7 Å². The van der Waals surface area contributed by atoms with Crippen LogP contribution < -0.4 is 14.4 Å². The highest BCUT2D eigenvalue weighted by Gasteiger charge is 2.33. The summed E-state index contributed by atoms with van der Waals surface area (Å²) in [6.45, 7) is 8.65. The number of carbonyl (C=O) groups is 2. The van der Waals surface area contributed by atoms with Crippen molar-refractivity contribution in [1.29, 1.82) is 0 Å². The van der Waals surface area contributed by atoms with E-state index in [1.54, 1.807) is 31.2 Å². The van der Waals surface area contributed by atoms with E-state index < -0.39 is 45.8 Å². The first-order valence-corrected chi connectivity index (χ1v) is 14.9. The first-order valence-electron chi connectivity index (χ1n) is 13.1. The molecule has 220 valence electrons. The predicted octanol–water partition coefficient (Wildman–Crippen LogP) is 5.41. The van der Waals surface area contributed by atoms with Crippen molar-refractivity contribution in [3.63, 3.8) is 0 Å². The molecule has 8 nitrogen and oxygen atoms in total. The molecule has 0 spiro atoms. The van der Waals surface area contributed by atoms with Crippen LogP contribution >= 0.6 is 11.6 Å². The fourth-order valence-electron chi connectivity index (χ4n) is 3.98. The van der Waals surface area contributed by atoms with Crippen LogP contribution in [0.2, 0.25) is 5.02 Å². The fourth-order valence-corrected chi connectivity index (χ4v) is 5.52. The van der Waals surface area contributed by atoms with Gasteiger partial charge in [-0.05, 0) is 101 Å². The van der Waals surface area contributed by atoms with Crippen LogP contribution in [0.3, 0.4) is 0 Å². The van der Waals surface area contributed by atoms with Crippen molar-refractivity contribution >= 4 is 39.1 Å². The molecule has 3 aromatic carbocycles. The molecule has 2 amide bonds. The number of carbonyl (C=O) groups excluding carboxylic acids is 2. The summed E-state index contributed by atoms with van der Waals surface area (Å²) in [7, 11) is -4.29. The molecule has 0 aromatic heterocycles. The fraction of sp³-hybridized carbons (Fsp3) is 0.333. The van der Waals surface area contributed by atoms with Crippen molar-refractivity contribution in [2.24, 2.45) is 0 Å². The van der Waals surface area contributed by atoms with Gasteiger partial charge in [-0.1, -0.05) is 23.7 Å². The van der Waals surface area contributed by atoms with Crippen LogP contribution in [-0.4, -0.2) is 49.9 Å². The van der Waals surface area contributed by atoms with E-state index in [2.05, 4.69) is 5.32 Å². The molecule has 0 radical (unpaired) electrons. The normalized spacial score (nSPS) is 12.4. The molecule has 11 heteroatoms. The second-order valence-electron chi connectivity index (χ2n) is 10.5. The van der Waals surface area contributed by atoms with Gasteiger partial charge in [-0.2, -0.15) is 0 Å². The summed E-state index contributed by atoms with van der Waals surface area (Å²) >= 11 is 6.03. The lowest BCUT2D eigenvalue weighted by Crippen LogP contribution is -2.54. The largest absolute Gasteiger partial charge is 0.494 e. The van der Waals surface area contributed by atoms with Crippen LogP contribution in [0.15, 0.2) is 77.7 Å². The lowest BCUT2D eigenvalue weighted by atomic mass is 10.1. The lowest BCUT2D eigenvalue weighted by molar-refractivity contribution is -0.140. The van der Waals surface area contributed by atoms with Gasteiger partial charge in [0, 0.05) is 17.1 Å². The Hall–Kier alpha value is -3.63. The summed E-state index contributed by atoms with van der Waals surface area (Å²) in [6, 6.07) is 16.5. The first kappa shape index (κ1) is 31.9. The molecular formula is C30H35ClFN3O5S. The number of benzene rings is 3. The Kier molecular flexibility index (Phi) is 10.4. The van der Waals surface area contributed by atoms with E-state index in [9.17, 15) is 22.4 Å². The molecule has 1 N–H and O–H groups in total. The van der Waals surface area contributed by atoms with Gasteiger partial charge in [0.1, 0.15) is 24.2 Å². The Balaban J connectivity index is 2.02. The van der Waals surface area contributed by atoms with E-state index in [0.29, 0.717) is 22.9 Å². The smallest absolute Gasteiger partial charge is 0.264 e. The van der Waals surface area contributed by atoms with Crippen LogP contribution in [0, 0.1) is 5.82 Å². The van der Waals surface area contributed by atoms with Crippen molar-refractivity contribution in [2.75, 3.05) is 17.5 Å². The van der Waals surface area contributed by atoms with Gasteiger partial charge in [0.05, 0.1) is 17.2 Å². The zero-order chi connectivity index (χ0) is 30.4. The molecule has 0 saturated heterocycles. The number of amides is 2. The van der Waals surface area contributed by atoms with Crippen molar-refractivity contribution in [3.05, 3.63) is 89.2 Å². The van der Waals surface area contributed by atoms with E-state index in [0.717, 1.165) is 16.4 Å². The molecule has 0 saturated carbocycles. The highest BCUT2D eigenvalue weighted by Crippen LogP contribution is 2.26. The summed E-state index contributed by atoms with van der Waals surface area (Å²) in [6.07, 6.45) is 0. The monoisotopic (exact) mass is 603 g/mol. The minimum absolute atomic E-state index is 0.0229. The predicted molar refractivity (Wildman–Crippen MR) is 158 cm³/mol. The summed E-state index contributed by atoms with van der Waals surface area (Å²) in [5.74, 6) is -1.10. The Bertz CT molecular complexity index is 1440. The maximum Gasteiger partial charge on any atom is 0.264 e. The highest BCUT2D eigenvalue weighted by molar-refractivity contribution is 7.92. The summed E-state index contributed by atoms with van der Waals surface area (Å²) in [5.41, 5.74) is 0.227. The van der Waals surface area contributed by atoms with Gasteiger partial charge in [-0.25, -0.2) is 12.8 Å². The van der Waals surface area contributed by atoms with Crippen LogP contribution in [-0.2, 0) is 26.2 Å². The van der Waals surface area contributed by atoms with Crippen molar-refractivity contribution in [2.45, 2.75) is 57.6 Å². The van der Waals surface area contributed by atoms with E-state index >= 15 is 0 Å². The van der Waals surface area contributed by atoms with Crippen molar-refractivity contribution < 1.29 is 27.1 Å². The molecule has 3 aromatic rings. The minimum Gasteiger partial charge on any atom is -0.494 e. The number of halogens is 2. The number of hydrogen-bond donors (Lipinski definition) is 1. The number of rotatable bonds is 11. The van der Waals surface area contributed by atoms with Gasteiger partial charge in [0.15, 0.2) is 0 Å². The molecule has 0 aliphatic rings. The maximum absolute atomic E-state index is 13.9. The Morgan fingerprint density at radius 1 is 0.976 bits per heavy atom. The second-order valence-corrected chi connectivity index (χ2v) is 12.8. The second kappa shape index (κ2) is 13.4. The molecule has 41 heavy (non-hydrogen) atoms. The summed E-state index contributed by atoms with van der Waals surface area (Å²) in [4.78, 5) is 28.3. The molecule has 0 heterocycles. The van der Waals surface area contributed by atoms with Gasteiger partial charge in [-0.3, -0.25) is 13.9 Å². The van der Waals surface area contributed by atoms with Crippen molar-refractivity contribution in [1.82, 2.24) is 10.2 Å². The van der Waals surface area contributed by atoms with Gasteiger partial charge < -0.3 is 15.0 Å². The number of sulfonamides is 1. The Labute approximate surface area is 246 Å². The molecule has 0 aliphatic heterocycles. The minimum atomic E-state index is -4.29. The zero-order valence-corrected chi connectivity index (χ0v) is 25.3. The van der Waals surface area contributed by atoms with Gasteiger partial charge in [0.25, 0.3) is 10.0 Å². The third kappa shape index (κ3) is 8.68. The number of nitrogens with zero attached hydrogens (tertiary/aromatic N) is 2. The molecule has 1 unspecified atom stereocenters. The standard InChI is InChI=1S/C30H35ClFN3O5S/c1-6-40-26-15-17-27(18-16-26)41(38,39)35(25-13-11-24(32)12-14-25)20-28(36)34(19-22-7-9-23(31)10-8-22)21(2)29(37)33-30(3,4)5/h7-18,21H,6,19-20H2,1-5H3,(H,33,37). The highest BCUT2D eigenvalue weighted by atomic mass is 35.5. The molecule has 1 atom stereocenters. The van der Waals surface area contributed by atoms with Crippen LogP contribution in [0.4, 0.5) is 10.1 Å². The molecule has 3 rings (SSSR count). The number of hydrogen-bond acceptors (Lipinski definition) is 5. The number of anilines is 1. The molecular weight excluding hydrogens is 569 g/mol. The molecule has 0 aliphatic carbocycles. The summed E-state index contributed by atoms with van der Waals surface area (Å²) < 4.78 is 47.8. The summed E-state index contributed by atoms with van der Waals surface area (Å²) in [5, 5.41) is 3.38. The van der Waals surface area contributed by atoms with Gasteiger partial charge >= 0.3 is 0 Å². The quantitative estimate of drug-likeness (QED) is 0.316. The van der Waals surface area contributed by atoms with Crippen LogP contribution in [0.25, 0.3) is 0 Å². The van der Waals surface area contributed by atoms with E-state index in [1.165, 1.54) is 41.3 Å². The molecule has 0 fully saturated rings. The van der Waals surface area contributed by atoms with Gasteiger partial charge in [-0.15, -0.1) is 0 Å².